The van der Waals surface area contributed by atoms with E-state index in [-0.39, 0.29) is 11.5 Å². The maximum atomic E-state index is 10.8. The Labute approximate surface area is 83.6 Å². The summed E-state index contributed by atoms with van der Waals surface area (Å²) in [6.07, 6.45) is 6.28. The minimum atomic E-state index is -0.965. The summed E-state index contributed by atoms with van der Waals surface area (Å²) < 4.78 is 0. The number of hydrogen-bond acceptors (Lipinski definition) is 2. The second kappa shape index (κ2) is 4.13. The number of allylic oxidation sites excluding steroid dienone is 3. The van der Waals surface area contributed by atoms with Crippen LogP contribution in [0.25, 0.3) is 0 Å². The number of hydrogen-bond donors (Lipinski definition) is 2. The SMILES string of the molecule is CCC=C1C(N)=C(C(=O)O)C=CC1C. The summed E-state index contributed by atoms with van der Waals surface area (Å²) >= 11 is 0. The number of rotatable bonds is 2. The van der Waals surface area contributed by atoms with Crippen molar-refractivity contribution in [1.29, 1.82) is 0 Å². The summed E-state index contributed by atoms with van der Waals surface area (Å²) in [6, 6.07) is 0. The Balaban J connectivity index is 3.15. The van der Waals surface area contributed by atoms with E-state index in [2.05, 4.69) is 0 Å². The normalized spacial score (nSPS) is 24.4. The van der Waals surface area contributed by atoms with E-state index in [1.807, 2.05) is 26.0 Å². The highest BCUT2D eigenvalue weighted by Crippen LogP contribution is 2.26. The molecule has 0 spiro atoms. The zero-order chi connectivity index (χ0) is 10.7. The van der Waals surface area contributed by atoms with Crippen molar-refractivity contribution in [3.05, 3.63) is 35.1 Å². The number of carboxylic acid groups (broad SMARTS) is 1. The van der Waals surface area contributed by atoms with Crippen molar-refractivity contribution in [2.24, 2.45) is 11.7 Å². The Morgan fingerprint density at radius 2 is 2.36 bits per heavy atom. The van der Waals surface area contributed by atoms with Crippen LogP contribution >= 0.6 is 0 Å². The van der Waals surface area contributed by atoms with Gasteiger partial charge in [-0.2, -0.15) is 0 Å². The molecule has 1 unspecified atom stereocenters. The molecular weight excluding hydrogens is 178 g/mol. The van der Waals surface area contributed by atoms with Gasteiger partial charge in [-0.3, -0.25) is 0 Å². The van der Waals surface area contributed by atoms with E-state index in [0.29, 0.717) is 5.70 Å². The first kappa shape index (κ1) is 10.6. The van der Waals surface area contributed by atoms with Crippen LogP contribution in [0.4, 0.5) is 0 Å². The summed E-state index contributed by atoms with van der Waals surface area (Å²) in [5.74, 6) is -0.759. The van der Waals surface area contributed by atoms with Gasteiger partial charge >= 0.3 is 5.97 Å². The highest BCUT2D eigenvalue weighted by atomic mass is 16.4. The van der Waals surface area contributed by atoms with Crippen LogP contribution in [0, 0.1) is 5.92 Å². The van der Waals surface area contributed by atoms with Crippen LogP contribution in [0.3, 0.4) is 0 Å². The van der Waals surface area contributed by atoms with Crippen LogP contribution in [0.2, 0.25) is 0 Å². The highest BCUT2D eigenvalue weighted by Gasteiger charge is 2.19. The molecule has 3 N–H and O–H groups in total. The lowest BCUT2D eigenvalue weighted by Crippen LogP contribution is -2.17. The van der Waals surface area contributed by atoms with Crippen molar-refractivity contribution in [2.45, 2.75) is 20.3 Å². The van der Waals surface area contributed by atoms with Crippen LogP contribution in [0.5, 0.6) is 0 Å². The molecule has 0 aromatic heterocycles. The molecule has 3 nitrogen and oxygen atoms in total. The average Bonchev–Trinajstić information content (AvgIpc) is 2.11. The predicted molar refractivity (Wildman–Crippen MR) is 55.5 cm³/mol. The average molecular weight is 193 g/mol. The fourth-order valence-corrected chi connectivity index (χ4v) is 1.54. The van der Waals surface area contributed by atoms with Gasteiger partial charge in [0.05, 0.1) is 5.57 Å². The largest absolute Gasteiger partial charge is 0.478 e. The van der Waals surface area contributed by atoms with Crippen LogP contribution in [0.1, 0.15) is 20.3 Å². The molecule has 1 atom stereocenters. The third-order valence-electron chi connectivity index (χ3n) is 2.30. The molecule has 0 amide bonds. The van der Waals surface area contributed by atoms with Crippen molar-refractivity contribution in [2.75, 3.05) is 0 Å². The van der Waals surface area contributed by atoms with Crippen LogP contribution in [0.15, 0.2) is 35.1 Å². The Morgan fingerprint density at radius 1 is 1.71 bits per heavy atom. The predicted octanol–water partition coefficient (Wildman–Crippen LogP) is 1.83. The number of carbonyl (C=O) groups is 1. The van der Waals surface area contributed by atoms with Gasteiger partial charge in [0.1, 0.15) is 0 Å². The lowest BCUT2D eigenvalue weighted by Gasteiger charge is -2.19. The van der Waals surface area contributed by atoms with Crippen LogP contribution in [-0.4, -0.2) is 11.1 Å². The fourth-order valence-electron chi connectivity index (χ4n) is 1.54. The van der Waals surface area contributed by atoms with Gasteiger partial charge < -0.3 is 10.8 Å². The van der Waals surface area contributed by atoms with Gasteiger partial charge in [0, 0.05) is 11.6 Å². The van der Waals surface area contributed by atoms with Gasteiger partial charge in [-0.05, 0) is 18.1 Å². The maximum absolute atomic E-state index is 10.8. The van der Waals surface area contributed by atoms with Gasteiger partial charge in [0.25, 0.3) is 0 Å². The van der Waals surface area contributed by atoms with Gasteiger partial charge in [0.2, 0.25) is 0 Å². The lowest BCUT2D eigenvalue weighted by molar-refractivity contribution is -0.132. The first-order valence-electron chi connectivity index (χ1n) is 4.69. The Kier molecular flexibility index (Phi) is 3.12. The van der Waals surface area contributed by atoms with Gasteiger partial charge in [0.15, 0.2) is 0 Å². The minimum absolute atomic E-state index is 0.197. The Hall–Kier alpha value is -1.51. The van der Waals surface area contributed by atoms with E-state index in [4.69, 9.17) is 10.8 Å². The quantitative estimate of drug-likeness (QED) is 0.703. The van der Waals surface area contributed by atoms with Crippen molar-refractivity contribution < 1.29 is 9.90 Å². The molecular formula is C11H15NO2. The molecule has 14 heavy (non-hydrogen) atoms. The molecule has 0 fully saturated rings. The molecule has 0 aromatic rings. The van der Waals surface area contributed by atoms with Crippen molar-refractivity contribution in [1.82, 2.24) is 0 Å². The van der Waals surface area contributed by atoms with Crippen molar-refractivity contribution in [3.8, 4) is 0 Å². The summed E-state index contributed by atoms with van der Waals surface area (Å²) in [6.45, 7) is 4.01. The number of carboxylic acids is 1. The van der Waals surface area contributed by atoms with Crippen LogP contribution < -0.4 is 5.73 Å². The highest BCUT2D eigenvalue weighted by molar-refractivity contribution is 5.92. The Morgan fingerprint density at radius 3 is 2.86 bits per heavy atom. The molecule has 0 aliphatic heterocycles. The molecule has 0 radical (unpaired) electrons. The Bertz CT molecular complexity index is 337. The first-order chi connectivity index (χ1) is 6.57. The maximum Gasteiger partial charge on any atom is 0.337 e. The van der Waals surface area contributed by atoms with E-state index in [1.54, 1.807) is 6.08 Å². The smallest absolute Gasteiger partial charge is 0.337 e. The summed E-state index contributed by atoms with van der Waals surface area (Å²) in [5, 5.41) is 8.86. The van der Waals surface area contributed by atoms with E-state index >= 15 is 0 Å². The molecule has 1 rings (SSSR count). The second-order valence-corrected chi connectivity index (χ2v) is 3.35. The topological polar surface area (TPSA) is 63.3 Å². The van der Waals surface area contributed by atoms with Crippen LogP contribution in [-0.2, 0) is 4.79 Å². The third kappa shape index (κ3) is 1.87. The number of aliphatic carboxylic acids is 1. The molecule has 0 saturated carbocycles. The number of nitrogens with two attached hydrogens (primary N) is 1. The zero-order valence-corrected chi connectivity index (χ0v) is 8.45. The molecule has 0 bridgehead atoms. The first-order valence-corrected chi connectivity index (χ1v) is 4.69. The van der Waals surface area contributed by atoms with Gasteiger partial charge in [-0.1, -0.05) is 26.0 Å². The zero-order valence-electron chi connectivity index (χ0n) is 8.45. The lowest BCUT2D eigenvalue weighted by atomic mass is 9.89. The standard InChI is InChI=1S/C11H15NO2/c1-3-4-8-7(2)5-6-9(10(8)12)11(13)14/h4-7H,3,12H2,1-2H3,(H,13,14). The molecule has 0 heterocycles. The molecule has 1 aliphatic rings. The van der Waals surface area contributed by atoms with E-state index in [0.717, 1.165) is 12.0 Å². The van der Waals surface area contributed by atoms with Gasteiger partial charge in [-0.25, -0.2) is 4.79 Å². The molecule has 0 saturated heterocycles. The molecule has 76 valence electrons. The molecule has 1 aliphatic carbocycles. The van der Waals surface area contributed by atoms with Crippen molar-refractivity contribution in [3.63, 3.8) is 0 Å². The summed E-state index contributed by atoms with van der Waals surface area (Å²) in [4.78, 5) is 10.8. The minimum Gasteiger partial charge on any atom is -0.478 e. The second-order valence-electron chi connectivity index (χ2n) is 3.35. The fraction of sp³-hybridized carbons (Fsp3) is 0.364. The summed E-state index contributed by atoms with van der Waals surface area (Å²) in [7, 11) is 0. The van der Waals surface area contributed by atoms with E-state index in [1.165, 1.54) is 0 Å². The summed E-state index contributed by atoms with van der Waals surface area (Å²) in [5.41, 5.74) is 7.30. The third-order valence-corrected chi connectivity index (χ3v) is 2.30. The van der Waals surface area contributed by atoms with Crippen molar-refractivity contribution >= 4 is 5.97 Å². The molecule has 3 heteroatoms. The molecule has 0 aromatic carbocycles. The monoisotopic (exact) mass is 193 g/mol. The van der Waals surface area contributed by atoms with E-state index < -0.39 is 5.97 Å². The van der Waals surface area contributed by atoms with Gasteiger partial charge in [-0.15, -0.1) is 0 Å². The van der Waals surface area contributed by atoms with E-state index in [9.17, 15) is 4.79 Å².